The Labute approximate surface area is 113 Å². The molecule has 0 aromatic carbocycles. The van der Waals surface area contributed by atoms with Crippen molar-refractivity contribution in [3.05, 3.63) is 0 Å². The monoisotopic (exact) mass is 267 g/mol. The average Bonchev–Trinajstić information content (AvgIpc) is 2.46. The number of likely N-dealkylation sites (tertiary alicyclic amines) is 1. The predicted octanol–water partition coefficient (Wildman–Crippen LogP) is 1.16. The van der Waals surface area contributed by atoms with Crippen molar-refractivity contribution in [2.45, 2.75) is 38.5 Å². The van der Waals surface area contributed by atoms with E-state index in [4.69, 9.17) is 0 Å². The second-order valence-corrected chi connectivity index (χ2v) is 5.43. The number of piperidine rings is 1. The van der Waals surface area contributed by atoms with Crippen LogP contribution in [0.25, 0.3) is 0 Å². The van der Waals surface area contributed by atoms with Gasteiger partial charge in [0, 0.05) is 12.5 Å². The van der Waals surface area contributed by atoms with Crippen molar-refractivity contribution in [1.29, 1.82) is 0 Å². The van der Waals surface area contributed by atoms with Crippen molar-refractivity contribution in [3.8, 4) is 0 Å². The fourth-order valence-corrected chi connectivity index (χ4v) is 3.01. The second-order valence-electron chi connectivity index (χ2n) is 5.43. The van der Waals surface area contributed by atoms with E-state index in [9.17, 15) is 14.4 Å². The minimum Gasteiger partial charge on any atom is -0.468 e. The normalized spacial score (nSPS) is 25.2. The quantitative estimate of drug-likeness (QED) is 0.556. The van der Waals surface area contributed by atoms with E-state index in [2.05, 4.69) is 4.74 Å². The molecule has 1 atom stereocenters. The van der Waals surface area contributed by atoms with Crippen LogP contribution in [0.4, 0.5) is 0 Å². The minimum atomic E-state index is -0.680. The van der Waals surface area contributed by atoms with E-state index in [1.54, 1.807) is 4.90 Å². The molecule has 0 N–H and O–H groups in total. The minimum absolute atomic E-state index is 0.0646. The van der Waals surface area contributed by atoms with E-state index < -0.39 is 11.9 Å². The van der Waals surface area contributed by atoms with E-state index in [1.807, 2.05) is 0 Å². The Hall–Kier alpha value is -1.39. The first-order chi connectivity index (χ1) is 9.13. The van der Waals surface area contributed by atoms with Crippen LogP contribution in [0.15, 0.2) is 0 Å². The lowest BCUT2D eigenvalue weighted by atomic mass is 9.87. The van der Waals surface area contributed by atoms with Crippen LogP contribution in [0.1, 0.15) is 38.5 Å². The first-order valence-corrected chi connectivity index (χ1v) is 7.03. The van der Waals surface area contributed by atoms with E-state index in [-0.39, 0.29) is 24.2 Å². The summed E-state index contributed by atoms with van der Waals surface area (Å²) in [5, 5.41) is 0. The lowest BCUT2D eigenvalue weighted by Gasteiger charge is -2.33. The van der Waals surface area contributed by atoms with Gasteiger partial charge in [-0.2, -0.15) is 0 Å². The third-order valence-corrected chi connectivity index (χ3v) is 4.17. The van der Waals surface area contributed by atoms with Gasteiger partial charge < -0.3 is 9.64 Å². The topological polar surface area (TPSA) is 63.7 Å². The number of nitrogens with zero attached hydrogens (tertiary/aromatic N) is 1. The third kappa shape index (κ3) is 3.14. The summed E-state index contributed by atoms with van der Waals surface area (Å²) in [7, 11) is 1.29. The first-order valence-electron chi connectivity index (χ1n) is 7.03. The summed E-state index contributed by atoms with van der Waals surface area (Å²) in [5.74, 6) is -1.18. The number of hydrogen-bond donors (Lipinski definition) is 0. The highest BCUT2D eigenvalue weighted by atomic mass is 16.5. The number of ether oxygens (including phenoxy) is 1. The van der Waals surface area contributed by atoms with Gasteiger partial charge in [0.2, 0.25) is 5.91 Å². The summed E-state index contributed by atoms with van der Waals surface area (Å²) in [5.41, 5.74) is 0. The summed E-state index contributed by atoms with van der Waals surface area (Å²) < 4.78 is 4.61. The highest BCUT2D eigenvalue weighted by Gasteiger charge is 2.36. The van der Waals surface area contributed by atoms with Crippen molar-refractivity contribution >= 4 is 17.7 Å². The van der Waals surface area contributed by atoms with Crippen LogP contribution in [-0.2, 0) is 19.1 Å². The van der Waals surface area contributed by atoms with E-state index >= 15 is 0 Å². The van der Waals surface area contributed by atoms with Crippen molar-refractivity contribution in [1.82, 2.24) is 4.90 Å². The van der Waals surface area contributed by atoms with Crippen molar-refractivity contribution < 1.29 is 19.1 Å². The molecular formula is C14H21NO4. The molecule has 2 aliphatic rings. The molecule has 0 radical (unpaired) electrons. The summed E-state index contributed by atoms with van der Waals surface area (Å²) in [6, 6.07) is 0. The van der Waals surface area contributed by atoms with Crippen LogP contribution in [0.3, 0.4) is 0 Å². The lowest BCUT2D eigenvalue weighted by Crippen LogP contribution is -2.48. The molecule has 5 heteroatoms. The molecule has 0 bridgehead atoms. The number of esters is 1. The average molecular weight is 267 g/mol. The Morgan fingerprint density at radius 2 is 1.84 bits per heavy atom. The Balaban J connectivity index is 1.92. The van der Waals surface area contributed by atoms with Gasteiger partial charge >= 0.3 is 5.97 Å². The third-order valence-electron chi connectivity index (χ3n) is 4.17. The van der Waals surface area contributed by atoms with Crippen molar-refractivity contribution in [2.24, 2.45) is 11.8 Å². The molecule has 5 nitrogen and oxygen atoms in total. The SMILES string of the molecule is COC(=O)C1CCN(C(=O)C2CCCCC2)CC1=O. The number of rotatable bonds is 2. The molecule has 1 amide bonds. The molecule has 0 spiro atoms. The molecule has 1 unspecified atom stereocenters. The number of hydrogen-bond acceptors (Lipinski definition) is 4. The zero-order valence-corrected chi connectivity index (χ0v) is 11.4. The fraction of sp³-hybridized carbons (Fsp3) is 0.786. The first kappa shape index (κ1) is 14.0. The molecular weight excluding hydrogens is 246 g/mol. The van der Waals surface area contributed by atoms with E-state index in [0.717, 1.165) is 25.7 Å². The van der Waals surface area contributed by atoms with E-state index in [0.29, 0.717) is 13.0 Å². The Kier molecular flexibility index (Phi) is 4.56. The molecule has 106 valence electrons. The second kappa shape index (κ2) is 6.17. The smallest absolute Gasteiger partial charge is 0.316 e. The van der Waals surface area contributed by atoms with Gasteiger partial charge in [-0.25, -0.2) is 0 Å². The van der Waals surface area contributed by atoms with Crippen LogP contribution >= 0.6 is 0 Å². The molecule has 0 aromatic heterocycles. The van der Waals surface area contributed by atoms with Gasteiger partial charge in [-0.3, -0.25) is 14.4 Å². The van der Waals surface area contributed by atoms with Crippen LogP contribution < -0.4 is 0 Å². The highest BCUT2D eigenvalue weighted by molar-refractivity contribution is 6.02. The largest absolute Gasteiger partial charge is 0.468 e. The zero-order chi connectivity index (χ0) is 13.8. The van der Waals surface area contributed by atoms with Crippen LogP contribution in [0.5, 0.6) is 0 Å². The van der Waals surface area contributed by atoms with Gasteiger partial charge in [-0.05, 0) is 19.3 Å². The molecule has 0 aromatic rings. The van der Waals surface area contributed by atoms with E-state index in [1.165, 1.54) is 13.5 Å². The number of amides is 1. The summed E-state index contributed by atoms with van der Waals surface area (Å²) >= 11 is 0. The molecule has 1 saturated carbocycles. The molecule has 2 fully saturated rings. The van der Waals surface area contributed by atoms with Gasteiger partial charge in [0.05, 0.1) is 13.7 Å². The van der Waals surface area contributed by atoms with Crippen LogP contribution in [0, 0.1) is 11.8 Å². The maximum atomic E-state index is 12.3. The highest BCUT2D eigenvalue weighted by Crippen LogP contribution is 2.27. The zero-order valence-electron chi connectivity index (χ0n) is 11.4. The standard InChI is InChI=1S/C14H21NO4/c1-19-14(18)11-7-8-15(9-12(11)16)13(17)10-5-3-2-4-6-10/h10-11H,2-9H2,1H3. The van der Waals surface area contributed by atoms with Crippen LogP contribution in [0.2, 0.25) is 0 Å². The fourth-order valence-electron chi connectivity index (χ4n) is 3.01. The van der Waals surface area contributed by atoms with Gasteiger partial charge in [-0.1, -0.05) is 19.3 Å². The number of ketones is 1. The number of carbonyl (C=O) groups is 3. The van der Waals surface area contributed by atoms with Gasteiger partial charge in [0.1, 0.15) is 5.92 Å². The maximum Gasteiger partial charge on any atom is 0.316 e. The number of Topliss-reactive ketones (excluding diaryl/α,β-unsaturated/α-hetero) is 1. The Morgan fingerprint density at radius 3 is 2.42 bits per heavy atom. The Morgan fingerprint density at radius 1 is 1.16 bits per heavy atom. The van der Waals surface area contributed by atoms with Gasteiger partial charge in [-0.15, -0.1) is 0 Å². The summed E-state index contributed by atoms with van der Waals surface area (Å²) in [6.07, 6.45) is 5.66. The molecule has 1 aliphatic carbocycles. The molecule has 1 heterocycles. The molecule has 19 heavy (non-hydrogen) atoms. The lowest BCUT2D eigenvalue weighted by molar-refractivity contribution is -0.155. The number of carbonyl (C=O) groups excluding carboxylic acids is 3. The van der Waals surface area contributed by atoms with Crippen LogP contribution in [-0.4, -0.2) is 42.8 Å². The van der Waals surface area contributed by atoms with Crippen molar-refractivity contribution in [3.63, 3.8) is 0 Å². The summed E-state index contributed by atoms with van der Waals surface area (Å²) in [4.78, 5) is 37.2. The molecule has 1 saturated heterocycles. The van der Waals surface area contributed by atoms with Crippen molar-refractivity contribution in [2.75, 3.05) is 20.2 Å². The Bertz CT molecular complexity index is 374. The van der Waals surface area contributed by atoms with Gasteiger partial charge in [0.25, 0.3) is 0 Å². The molecule has 2 rings (SSSR count). The van der Waals surface area contributed by atoms with Gasteiger partial charge in [0.15, 0.2) is 5.78 Å². The maximum absolute atomic E-state index is 12.3. The predicted molar refractivity (Wildman–Crippen MR) is 68.3 cm³/mol. The molecule has 1 aliphatic heterocycles. The number of methoxy groups -OCH3 is 1. The summed E-state index contributed by atoms with van der Waals surface area (Å²) in [6.45, 7) is 0.552.